The fourth-order valence-electron chi connectivity index (χ4n) is 20.1. The number of nitrogen functional groups attached to an aromatic ring is 1. The molecule has 2 spiro atoms. The van der Waals surface area contributed by atoms with Gasteiger partial charge in [-0.05, 0) is 244 Å². The second kappa shape index (κ2) is 36.3. The summed E-state index contributed by atoms with van der Waals surface area (Å²) in [6.45, 7) is 12.1. The van der Waals surface area contributed by atoms with Crippen LogP contribution < -0.4 is 5.73 Å². The van der Waals surface area contributed by atoms with Crippen LogP contribution in [0.25, 0.3) is 27.9 Å². The number of aldehydes is 1. The highest BCUT2D eigenvalue weighted by molar-refractivity contribution is 6.36. The number of nitrogens with two attached hydrogens (primary N) is 1. The van der Waals surface area contributed by atoms with Crippen LogP contribution in [0.15, 0.2) is 169 Å². The molecule has 9 atom stereocenters. The number of anilines is 1. The van der Waals surface area contributed by atoms with Crippen molar-refractivity contribution in [2.75, 3.05) is 20.0 Å². The first-order valence-electron chi connectivity index (χ1n) is 42.1. The van der Waals surface area contributed by atoms with E-state index in [1.807, 2.05) is 157 Å². The number of hydrogen-bond acceptors (Lipinski definition) is 16. The Morgan fingerprint density at radius 3 is 1.30 bits per heavy atom. The molecule has 2 saturated heterocycles. The molecule has 2 N–H and O–H groups in total. The van der Waals surface area contributed by atoms with Crippen molar-refractivity contribution in [2.45, 2.75) is 187 Å². The number of carbonyl (C=O) groups excluding carboxylic acids is 8. The van der Waals surface area contributed by atoms with Gasteiger partial charge in [0.25, 0.3) is 0 Å². The number of terminal acetylenes is 2. The fourth-order valence-corrected chi connectivity index (χ4v) is 21.9. The summed E-state index contributed by atoms with van der Waals surface area (Å²) in [6.07, 6.45) is 34.0. The molecule has 125 heavy (non-hydrogen) atoms. The molecule has 21 rings (SSSR count). The molecule has 642 valence electrons. The first-order chi connectivity index (χ1) is 59.8. The van der Waals surface area contributed by atoms with E-state index in [4.69, 9.17) is 122 Å². The second-order valence-electron chi connectivity index (χ2n) is 33.7. The highest BCUT2D eigenvalue weighted by Crippen LogP contribution is 2.61. The van der Waals surface area contributed by atoms with Gasteiger partial charge >= 0.3 is 11.9 Å². The highest BCUT2D eigenvalue weighted by Gasteiger charge is 2.59. The normalized spacial score (nSPS) is 27.6. The molecule has 0 amide bonds. The first-order valence-corrected chi connectivity index (χ1v) is 44.4. The van der Waals surface area contributed by atoms with Crippen LogP contribution in [0.3, 0.4) is 0 Å². The van der Waals surface area contributed by atoms with E-state index in [1.54, 1.807) is 42.5 Å². The van der Waals surface area contributed by atoms with Crippen molar-refractivity contribution in [1.82, 2.24) is 0 Å². The van der Waals surface area contributed by atoms with Crippen molar-refractivity contribution >= 4 is 150 Å². The molecule has 2 heterocycles. The van der Waals surface area contributed by atoms with Crippen molar-refractivity contribution in [2.24, 2.45) is 27.1 Å². The summed E-state index contributed by atoms with van der Waals surface area (Å²) in [5.41, 5.74) is 21.5. The van der Waals surface area contributed by atoms with Crippen molar-refractivity contribution in [3.8, 4) is 30.8 Å². The van der Waals surface area contributed by atoms with Gasteiger partial charge in [-0.15, -0.1) is 12.8 Å². The van der Waals surface area contributed by atoms with Crippen LogP contribution in [0, 0.1) is 63.1 Å². The molecule has 0 saturated carbocycles. The van der Waals surface area contributed by atoms with Gasteiger partial charge in [-0.2, -0.15) is 5.26 Å². The van der Waals surface area contributed by atoms with Gasteiger partial charge in [0.1, 0.15) is 12.4 Å². The van der Waals surface area contributed by atoms with Crippen molar-refractivity contribution < 1.29 is 66.8 Å². The number of rotatable bonds is 3. The zero-order chi connectivity index (χ0) is 89.6. The monoisotopic (exact) mass is 1790 g/mol. The largest absolute Gasteiger partial charge is 0.468 e. The Labute approximate surface area is 758 Å². The Hall–Kier alpha value is -10.1. The van der Waals surface area contributed by atoms with E-state index in [-0.39, 0.29) is 76.3 Å². The minimum absolute atomic E-state index is 0.0135. The highest BCUT2D eigenvalue weighted by atomic mass is 35.5. The molecule has 14 aliphatic rings. The first kappa shape index (κ1) is 91.2. The molecular weight excluding hydrogens is 1700 g/mol. The van der Waals surface area contributed by atoms with Crippen molar-refractivity contribution in [3.05, 3.63) is 277 Å². The number of Topliss-reactive ketones (excluding diaryl/α,β-unsaturated/α-hetero) is 2. The molecule has 16 nitrogen and oxygen atoms in total. The van der Waals surface area contributed by atoms with Gasteiger partial charge < -0.3 is 38.9 Å². The molecule has 0 radical (unpaired) electrons. The van der Waals surface area contributed by atoms with Crippen LogP contribution >= 0.6 is 69.6 Å². The Kier molecular flexibility index (Phi) is 26.5. The third-order valence-corrected chi connectivity index (χ3v) is 28.4. The van der Waals surface area contributed by atoms with Gasteiger partial charge in [-0.3, -0.25) is 33.6 Å². The van der Waals surface area contributed by atoms with Crippen LogP contribution in [0.4, 0.5) is 5.69 Å². The number of allylic oxidation sites excluding steroid dienone is 8. The number of nitrogens with zero attached hydrogens (tertiary/aromatic N) is 1. The lowest BCUT2D eigenvalue weighted by Crippen LogP contribution is -2.42. The van der Waals surface area contributed by atoms with E-state index < -0.39 is 33.2 Å². The lowest BCUT2D eigenvalue weighted by Gasteiger charge is -2.38. The SMILES string of the molecule is C#CC12C=C(C#N)C(=O)C=C1c1c(Cl)cccc1C2.C#CC12CCC(=O)C=C1c1c(Cl)cccc1C2.CC.CC1OC2(C=C3c4c(Cl)cccc4CC3(C=O)CC2)OC1C.COC(=O)C12CCC(=O)C=C1c1c(Cl)cccc1C2.COC(=O)C12CCC3(C=C1c1c(Cl)cccc1C2)OC(C)C(C)O3.Nc1cccc2c1C(=O)CC2.O=C1CCc2cccc(Cl)c21. The number of benzene rings is 7. The Balaban J connectivity index is 0.000000120. The van der Waals surface area contributed by atoms with E-state index in [1.165, 1.54) is 20.3 Å². The number of nitriles is 1. The number of carbonyl (C=O) groups is 8. The van der Waals surface area contributed by atoms with E-state index >= 15 is 0 Å². The molecule has 9 unspecified atom stereocenters. The van der Waals surface area contributed by atoms with Crippen LogP contribution in [0.1, 0.15) is 193 Å². The molecule has 0 aromatic heterocycles. The maximum Gasteiger partial charge on any atom is 0.316 e. The summed E-state index contributed by atoms with van der Waals surface area (Å²) in [7, 11) is 2.83. The van der Waals surface area contributed by atoms with E-state index in [0.717, 1.165) is 151 Å². The number of fused-ring (bicyclic) bond motifs is 17. The molecule has 12 aliphatic carbocycles. The standard InChI is InChI=1S/C19H21ClO4.C18H19ClO3.C16H8ClNO.C15H13ClO3.C15H11ClO.C9H7ClO.C9H9NO.C2H6/c1-11-12(2)24-19(23-11)8-7-18(17(21)22-3)9-13-5-4-6-15(20)16(13)14(18)10-19;1-11-12(2)22-18(21-11)7-6-17(10-20)8-13-4-3-5-15(19)16(13)14(17)9-18;1-2-16-7-10-4-3-5-13(17)15(10)12(16)6-14(19)11(8-16)9-18;1-19-14(18)15-6-5-10(17)7-11(15)13-9(8-15)3-2-4-12(13)16;1-2-15-7-6-11(17)8-12(15)14-10(9-15)4-3-5-13(14)16;2*10-7-3-1-2-6-4-5-8(11)9(6)7;1-2/h4-6,10-12H,7-9H2,1-3H3;3-5,9-12H,6-8H2,1-2H3;1,3-6,8H,7H2;2-4,7H,5-6,8H2,1H3;1,3-5,8H,6-7,9H2;1-3H,4-5H2;1-3H,4-5,10H2;1-2H3. The molecule has 22 heteroatoms. The minimum Gasteiger partial charge on any atom is -0.468 e. The number of ether oxygens (including phenoxy) is 6. The lowest BCUT2D eigenvalue weighted by atomic mass is 9.71. The number of ketones is 5. The van der Waals surface area contributed by atoms with E-state index in [2.05, 4.69) is 17.9 Å². The van der Waals surface area contributed by atoms with Crippen LogP contribution in [0.5, 0.6) is 0 Å². The average Bonchev–Trinajstić information content (AvgIpc) is 1.57. The zero-order valence-corrected chi connectivity index (χ0v) is 75.2. The predicted molar refractivity (Wildman–Crippen MR) is 488 cm³/mol. The zero-order valence-electron chi connectivity index (χ0n) is 70.7. The van der Waals surface area contributed by atoms with Gasteiger partial charge in [0.15, 0.2) is 40.5 Å². The Morgan fingerprint density at radius 1 is 0.432 bits per heavy atom. The second-order valence-corrected chi connectivity index (χ2v) is 36.1. The van der Waals surface area contributed by atoms with Crippen LogP contribution in [0.2, 0.25) is 30.1 Å². The maximum absolute atomic E-state index is 12.7. The van der Waals surface area contributed by atoms with Crippen molar-refractivity contribution in [1.29, 1.82) is 5.26 Å². The van der Waals surface area contributed by atoms with E-state index in [9.17, 15) is 38.4 Å². The summed E-state index contributed by atoms with van der Waals surface area (Å²) in [5.74, 6) is 3.92. The number of halogens is 6. The predicted octanol–water partition coefficient (Wildman–Crippen LogP) is 21.4. The molecule has 0 bridgehead atoms. The summed E-state index contributed by atoms with van der Waals surface area (Å²) < 4.78 is 34.6. The third-order valence-electron chi connectivity index (χ3n) is 26.5. The summed E-state index contributed by atoms with van der Waals surface area (Å²) in [6, 6.07) is 41.9. The summed E-state index contributed by atoms with van der Waals surface area (Å²) in [5, 5.41) is 12.8. The van der Waals surface area contributed by atoms with Gasteiger partial charge in [0.2, 0.25) is 0 Å². The quantitative estimate of drug-likeness (QED) is 0.0748. The summed E-state index contributed by atoms with van der Waals surface area (Å²) in [4.78, 5) is 94.4. The molecule has 7 aromatic rings. The van der Waals surface area contributed by atoms with Gasteiger partial charge in [0.05, 0.1) is 76.3 Å². The molecule has 2 fully saturated rings. The van der Waals surface area contributed by atoms with Crippen molar-refractivity contribution in [3.63, 3.8) is 0 Å². The van der Waals surface area contributed by atoms with Crippen LogP contribution in [-0.2, 0) is 102 Å². The maximum atomic E-state index is 12.7. The lowest BCUT2D eigenvalue weighted by molar-refractivity contribution is -0.160. The number of methoxy groups -OCH3 is 2. The van der Waals surface area contributed by atoms with Gasteiger partial charge in [-0.25, -0.2) is 0 Å². The number of esters is 2. The minimum atomic E-state index is -0.771. The van der Waals surface area contributed by atoms with Gasteiger partial charge in [0, 0.05) is 108 Å². The number of aryl methyl sites for hydroxylation is 2. The molecule has 2 aliphatic heterocycles. The smallest absolute Gasteiger partial charge is 0.316 e. The molecular formula is C103H94Cl6N2O14. The topological polar surface area (TPSA) is 242 Å². The number of hydrogen-bond donors (Lipinski definition) is 1. The average molecular weight is 1800 g/mol. The third kappa shape index (κ3) is 16.6. The Bertz CT molecular complexity index is 5940. The fraction of sp³-hybridized carbons (Fsp3) is 0.350. The molecule has 7 aromatic carbocycles. The Morgan fingerprint density at radius 2 is 0.824 bits per heavy atom. The van der Waals surface area contributed by atoms with Gasteiger partial charge in [-0.1, -0.05) is 180 Å². The van der Waals surface area contributed by atoms with Crippen LogP contribution in [-0.4, -0.2) is 97.4 Å². The van der Waals surface area contributed by atoms with E-state index in [0.29, 0.717) is 106 Å². The summed E-state index contributed by atoms with van der Waals surface area (Å²) >= 11 is 37.4.